The number of carbonyl (C=O) groups excluding carboxylic acids is 1. The van der Waals surface area contributed by atoms with Crippen LogP contribution in [0.25, 0.3) is 0 Å². The topological polar surface area (TPSA) is 94.5 Å². The summed E-state index contributed by atoms with van der Waals surface area (Å²) in [6.07, 6.45) is 1.03. The van der Waals surface area contributed by atoms with E-state index in [1.54, 1.807) is 13.0 Å². The normalized spacial score (nSPS) is 22.6. The highest BCUT2D eigenvalue weighted by molar-refractivity contribution is 7.91. The lowest BCUT2D eigenvalue weighted by Gasteiger charge is -2.47. The van der Waals surface area contributed by atoms with Gasteiger partial charge in [0.05, 0.1) is 29.7 Å². The molecule has 2 aromatic carbocycles. The first-order chi connectivity index (χ1) is 15.9. The number of rotatable bonds is 4. The van der Waals surface area contributed by atoms with E-state index in [1.807, 2.05) is 12.1 Å². The number of hydrogen-bond donors (Lipinski definition) is 0. The fourth-order valence-electron chi connectivity index (χ4n) is 4.30. The molecule has 0 aliphatic carbocycles. The highest BCUT2D eigenvalue weighted by Gasteiger charge is 2.52. The van der Waals surface area contributed by atoms with Crippen LogP contribution in [0.15, 0.2) is 35.5 Å². The van der Waals surface area contributed by atoms with Gasteiger partial charge in [-0.2, -0.15) is 0 Å². The molecule has 34 heavy (non-hydrogen) atoms. The molecule has 3 aliphatic rings. The number of halogens is 3. The van der Waals surface area contributed by atoms with E-state index in [-0.39, 0.29) is 15.9 Å². The summed E-state index contributed by atoms with van der Waals surface area (Å²) in [6.45, 7) is 2.52. The Balaban J connectivity index is 1.32. The number of likely N-dealkylation sites (tertiary alicyclic amines) is 1. The maximum absolute atomic E-state index is 13.8. The molecular weight excluding hydrogens is 510 g/mol. The lowest BCUT2D eigenvalue weighted by Crippen LogP contribution is -2.62. The predicted molar refractivity (Wildman–Crippen MR) is 122 cm³/mol. The van der Waals surface area contributed by atoms with Crippen LogP contribution in [-0.2, 0) is 46.9 Å². The van der Waals surface area contributed by atoms with Crippen molar-refractivity contribution >= 4 is 44.8 Å². The molecule has 3 aliphatic heterocycles. The fourth-order valence-corrected chi connectivity index (χ4v) is 5.42. The molecule has 1 spiro atoms. The zero-order chi connectivity index (χ0) is 24.5. The average molecular weight is 529 g/mol. The number of oxime groups is 1. The van der Waals surface area contributed by atoms with Crippen LogP contribution in [-0.4, -0.2) is 50.2 Å². The van der Waals surface area contributed by atoms with E-state index in [9.17, 15) is 17.6 Å². The lowest BCUT2D eigenvalue weighted by molar-refractivity contribution is -0.166. The number of fused-ring (bicyclic) bond motifs is 2. The number of ether oxygens (including phenoxy) is 2. The van der Waals surface area contributed by atoms with Crippen molar-refractivity contribution in [3.8, 4) is 0 Å². The molecule has 0 bridgehead atoms. The molecule has 2 aromatic rings. The van der Waals surface area contributed by atoms with Crippen molar-refractivity contribution in [1.82, 2.24) is 4.90 Å². The van der Waals surface area contributed by atoms with Gasteiger partial charge in [0.15, 0.2) is 15.7 Å². The molecule has 8 nitrogen and oxygen atoms in total. The summed E-state index contributed by atoms with van der Waals surface area (Å²) in [7, 11) is -3.40. The Morgan fingerprint density at radius 3 is 2.53 bits per heavy atom. The van der Waals surface area contributed by atoms with Crippen molar-refractivity contribution in [2.24, 2.45) is 5.16 Å². The third-order valence-electron chi connectivity index (χ3n) is 6.08. The molecule has 3 heterocycles. The summed E-state index contributed by atoms with van der Waals surface area (Å²) >= 11 is 11.8. The maximum Gasteiger partial charge on any atom is 0.301 e. The third-order valence-corrected chi connectivity index (χ3v) is 7.40. The number of benzene rings is 2. The minimum Gasteiger partial charge on any atom is -0.426 e. The Hall–Kier alpha value is -2.40. The molecule has 0 saturated carbocycles. The predicted octanol–water partition coefficient (Wildman–Crippen LogP) is 3.33. The minimum atomic E-state index is -3.40. The number of sulfone groups is 1. The van der Waals surface area contributed by atoms with E-state index in [2.05, 4.69) is 5.16 Å². The second-order valence-electron chi connectivity index (χ2n) is 8.76. The van der Waals surface area contributed by atoms with Gasteiger partial charge in [0.2, 0.25) is 5.91 Å². The van der Waals surface area contributed by atoms with Gasteiger partial charge in [0, 0.05) is 24.3 Å². The smallest absolute Gasteiger partial charge is 0.301 e. The minimum absolute atomic E-state index is 0.158. The Kier molecular flexibility index (Phi) is 5.36. The quantitative estimate of drug-likeness (QED) is 0.565. The Morgan fingerprint density at radius 1 is 1.21 bits per heavy atom. The first kappa shape index (κ1) is 23.3. The number of nitrogens with zero attached hydrogens (tertiary/aromatic N) is 2. The largest absolute Gasteiger partial charge is 0.426 e. The SMILES string of the molecule is CC1(c2cc(Cl)c(F)c(Cl)c2)ON=C(c2ccc3c(c2)COC32CN(C(=O)CS(C)(=O)=O)C2)O1. The van der Waals surface area contributed by atoms with Crippen molar-refractivity contribution in [2.75, 3.05) is 25.1 Å². The molecule has 1 amide bonds. The number of hydrogen-bond acceptors (Lipinski definition) is 7. The van der Waals surface area contributed by atoms with Crippen LogP contribution in [0.2, 0.25) is 10.0 Å². The average Bonchev–Trinajstić information content (AvgIpc) is 3.31. The molecule has 1 fully saturated rings. The second kappa shape index (κ2) is 7.81. The highest BCUT2D eigenvalue weighted by Crippen LogP contribution is 2.44. The van der Waals surface area contributed by atoms with Crippen LogP contribution in [0.4, 0.5) is 4.39 Å². The van der Waals surface area contributed by atoms with E-state index in [4.69, 9.17) is 37.5 Å². The van der Waals surface area contributed by atoms with Crippen molar-refractivity contribution in [1.29, 1.82) is 0 Å². The molecule has 12 heteroatoms. The number of carbonyl (C=O) groups is 1. The molecule has 0 radical (unpaired) electrons. The first-order valence-electron chi connectivity index (χ1n) is 10.2. The van der Waals surface area contributed by atoms with Gasteiger partial charge in [-0.1, -0.05) is 29.3 Å². The van der Waals surface area contributed by atoms with E-state index in [0.29, 0.717) is 30.8 Å². The van der Waals surface area contributed by atoms with Gasteiger partial charge in [0.25, 0.3) is 5.90 Å². The van der Waals surface area contributed by atoms with E-state index < -0.39 is 38.7 Å². The first-order valence-corrected chi connectivity index (χ1v) is 13.0. The molecule has 0 aromatic heterocycles. The van der Waals surface area contributed by atoms with Gasteiger partial charge in [-0.05, 0) is 40.5 Å². The Labute approximate surface area is 205 Å². The molecule has 1 unspecified atom stereocenters. The third kappa shape index (κ3) is 3.92. The number of amides is 1. The van der Waals surface area contributed by atoms with Crippen LogP contribution >= 0.6 is 23.2 Å². The molecule has 180 valence electrons. The molecule has 1 saturated heterocycles. The Bertz CT molecular complexity index is 1340. The maximum atomic E-state index is 13.8. The van der Waals surface area contributed by atoms with Gasteiger partial charge in [-0.3, -0.25) is 4.79 Å². The van der Waals surface area contributed by atoms with E-state index in [0.717, 1.165) is 17.4 Å². The zero-order valence-corrected chi connectivity index (χ0v) is 20.4. The van der Waals surface area contributed by atoms with Gasteiger partial charge in [0.1, 0.15) is 11.4 Å². The summed E-state index contributed by atoms with van der Waals surface area (Å²) in [4.78, 5) is 19.2. The summed E-state index contributed by atoms with van der Waals surface area (Å²) in [5.74, 6) is -2.80. The standard InChI is InChI=1S/C22H19Cl2FN2O6S/c1-21(14-6-16(23)19(25)17(24)7-14)32-20(26-33-21)12-3-4-15-13(5-12)8-31-22(15)10-27(11-22)18(28)9-34(2,29)30/h3-7H,8-11H2,1-2H3. The van der Waals surface area contributed by atoms with Crippen LogP contribution in [0.1, 0.15) is 29.2 Å². The summed E-state index contributed by atoms with van der Waals surface area (Å²) in [6, 6.07) is 8.28. The van der Waals surface area contributed by atoms with Gasteiger partial charge in [-0.15, -0.1) is 0 Å². The lowest BCUT2D eigenvalue weighted by atomic mass is 9.84. The zero-order valence-electron chi connectivity index (χ0n) is 18.1. The summed E-state index contributed by atoms with van der Waals surface area (Å²) in [5, 5.41) is 3.73. The van der Waals surface area contributed by atoms with Crippen molar-refractivity contribution in [2.45, 2.75) is 24.9 Å². The molecule has 0 N–H and O–H groups in total. The van der Waals surface area contributed by atoms with Crippen LogP contribution in [0.3, 0.4) is 0 Å². The van der Waals surface area contributed by atoms with Crippen molar-refractivity contribution < 1.29 is 31.9 Å². The van der Waals surface area contributed by atoms with Crippen LogP contribution in [0.5, 0.6) is 0 Å². The van der Waals surface area contributed by atoms with E-state index in [1.165, 1.54) is 17.0 Å². The monoisotopic (exact) mass is 528 g/mol. The van der Waals surface area contributed by atoms with Gasteiger partial charge < -0.3 is 19.2 Å². The highest BCUT2D eigenvalue weighted by atomic mass is 35.5. The van der Waals surface area contributed by atoms with Crippen molar-refractivity contribution in [3.63, 3.8) is 0 Å². The van der Waals surface area contributed by atoms with Crippen molar-refractivity contribution in [3.05, 3.63) is 68.4 Å². The second-order valence-corrected chi connectivity index (χ2v) is 11.7. The fraction of sp³-hybridized carbons (Fsp3) is 0.364. The summed E-state index contributed by atoms with van der Waals surface area (Å²) < 4.78 is 48.6. The van der Waals surface area contributed by atoms with Crippen LogP contribution < -0.4 is 0 Å². The molecular formula is C22H19Cl2FN2O6S. The Morgan fingerprint density at radius 2 is 1.88 bits per heavy atom. The molecule has 5 rings (SSSR count). The van der Waals surface area contributed by atoms with E-state index >= 15 is 0 Å². The van der Waals surface area contributed by atoms with Gasteiger partial charge >= 0.3 is 5.79 Å². The summed E-state index contributed by atoms with van der Waals surface area (Å²) in [5.41, 5.74) is 2.23. The molecule has 1 atom stereocenters. The van der Waals surface area contributed by atoms with Gasteiger partial charge in [-0.25, -0.2) is 12.8 Å². The van der Waals surface area contributed by atoms with Crippen LogP contribution in [0, 0.1) is 5.82 Å².